The molecule has 2 aromatic rings. The Hall–Kier alpha value is -1.58. The standard InChI is InChI=1S/C19H24N2O.ClH/c1-13-9-10-20-12-18(13)21-19(22)14(2)16-8-7-15-5-3-4-6-17(15)11-16;/h3-8,11,13-14,18,20H,9-10,12H2,1-2H3,(H,21,22);1H. The van der Waals surface area contributed by atoms with Crippen LogP contribution < -0.4 is 10.6 Å². The van der Waals surface area contributed by atoms with E-state index in [0.717, 1.165) is 25.1 Å². The first-order valence-corrected chi connectivity index (χ1v) is 8.15. The molecule has 3 nitrogen and oxygen atoms in total. The summed E-state index contributed by atoms with van der Waals surface area (Å²) in [4.78, 5) is 12.6. The fourth-order valence-corrected chi connectivity index (χ4v) is 3.12. The molecule has 3 unspecified atom stereocenters. The average Bonchev–Trinajstić information content (AvgIpc) is 2.55. The number of hydrogen-bond donors (Lipinski definition) is 2. The molecule has 4 heteroatoms. The van der Waals surface area contributed by atoms with Crippen LogP contribution in [-0.4, -0.2) is 25.0 Å². The number of rotatable bonds is 3. The molecular weight excluding hydrogens is 308 g/mol. The molecule has 0 saturated carbocycles. The van der Waals surface area contributed by atoms with E-state index in [-0.39, 0.29) is 30.3 Å². The summed E-state index contributed by atoms with van der Waals surface area (Å²) >= 11 is 0. The molecule has 1 amide bonds. The van der Waals surface area contributed by atoms with Crippen LogP contribution in [0.5, 0.6) is 0 Å². The summed E-state index contributed by atoms with van der Waals surface area (Å²) in [5.74, 6) is 0.531. The van der Waals surface area contributed by atoms with Gasteiger partial charge in [0, 0.05) is 12.6 Å². The fraction of sp³-hybridized carbons (Fsp3) is 0.421. The molecule has 2 aromatic carbocycles. The van der Waals surface area contributed by atoms with Gasteiger partial charge in [-0.2, -0.15) is 0 Å². The third-order valence-electron chi connectivity index (χ3n) is 4.82. The van der Waals surface area contributed by atoms with E-state index in [0.29, 0.717) is 5.92 Å². The van der Waals surface area contributed by atoms with Crippen molar-refractivity contribution >= 4 is 29.1 Å². The summed E-state index contributed by atoms with van der Waals surface area (Å²) in [6.07, 6.45) is 1.12. The van der Waals surface area contributed by atoms with E-state index in [1.54, 1.807) is 0 Å². The average molecular weight is 333 g/mol. The van der Waals surface area contributed by atoms with Crippen LogP contribution in [0.25, 0.3) is 10.8 Å². The monoisotopic (exact) mass is 332 g/mol. The van der Waals surface area contributed by atoms with Gasteiger partial charge >= 0.3 is 0 Å². The van der Waals surface area contributed by atoms with Crippen molar-refractivity contribution < 1.29 is 4.79 Å². The number of piperidine rings is 1. The summed E-state index contributed by atoms with van der Waals surface area (Å²) in [7, 11) is 0. The number of carbonyl (C=O) groups is 1. The Bertz CT molecular complexity index is 673. The molecule has 0 spiro atoms. The maximum absolute atomic E-state index is 12.6. The molecule has 1 aliphatic rings. The molecule has 3 rings (SSSR count). The molecule has 1 heterocycles. The van der Waals surface area contributed by atoms with Crippen LogP contribution in [0.15, 0.2) is 42.5 Å². The molecule has 124 valence electrons. The number of carbonyl (C=O) groups excluding carboxylic acids is 1. The van der Waals surface area contributed by atoms with Gasteiger partial charge in [-0.3, -0.25) is 4.79 Å². The Labute approximate surface area is 144 Å². The first-order chi connectivity index (χ1) is 10.6. The van der Waals surface area contributed by atoms with Crippen LogP contribution in [0.4, 0.5) is 0 Å². The maximum atomic E-state index is 12.6. The molecule has 1 saturated heterocycles. The largest absolute Gasteiger partial charge is 0.351 e. The van der Waals surface area contributed by atoms with Crippen molar-refractivity contribution in [3.8, 4) is 0 Å². The van der Waals surface area contributed by atoms with Crippen LogP contribution in [0.2, 0.25) is 0 Å². The van der Waals surface area contributed by atoms with Crippen LogP contribution >= 0.6 is 12.4 Å². The van der Waals surface area contributed by atoms with Gasteiger partial charge in [0.15, 0.2) is 0 Å². The van der Waals surface area contributed by atoms with E-state index in [2.05, 4.69) is 47.9 Å². The van der Waals surface area contributed by atoms with Gasteiger partial charge in [-0.15, -0.1) is 12.4 Å². The van der Waals surface area contributed by atoms with Gasteiger partial charge in [0.25, 0.3) is 0 Å². The fourth-order valence-electron chi connectivity index (χ4n) is 3.12. The Morgan fingerprint density at radius 2 is 1.96 bits per heavy atom. The zero-order chi connectivity index (χ0) is 15.5. The lowest BCUT2D eigenvalue weighted by molar-refractivity contribution is -0.123. The summed E-state index contributed by atoms with van der Waals surface area (Å²) in [6, 6.07) is 14.8. The lowest BCUT2D eigenvalue weighted by atomic mass is 9.92. The van der Waals surface area contributed by atoms with Crippen LogP contribution in [0, 0.1) is 5.92 Å². The molecule has 0 bridgehead atoms. The van der Waals surface area contributed by atoms with E-state index in [9.17, 15) is 4.79 Å². The highest BCUT2D eigenvalue weighted by molar-refractivity contribution is 5.87. The summed E-state index contributed by atoms with van der Waals surface area (Å²) < 4.78 is 0. The molecule has 0 radical (unpaired) electrons. The minimum absolute atomic E-state index is 0. The smallest absolute Gasteiger partial charge is 0.227 e. The van der Waals surface area contributed by atoms with Crippen LogP contribution in [-0.2, 0) is 4.79 Å². The van der Waals surface area contributed by atoms with E-state index < -0.39 is 0 Å². The second kappa shape index (κ2) is 7.80. The Balaban J connectivity index is 0.00000192. The molecule has 0 aromatic heterocycles. The first kappa shape index (κ1) is 17.8. The third-order valence-corrected chi connectivity index (χ3v) is 4.82. The zero-order valence-corrected chi connectivity index (χ0v) is 14.5. The normalized spacial score (nSPS) is 22.2. The van der Waals surface area contributed by atoms with Crippen molar-refractivity contribution in [2.24, 2.45) is 5.92 Å². The van der Waals surface area contributed by atoms with Crippen molar-refractivity contribution in [3.05, 3.63) is 48.0 Å². The van der Waals surface area contributed by atoms with Crippen molar-refractivity contribution in [2.75, 3.05) is 13.1 Å². The number of hydrogen-bond acceptors (Lipinski definition) is 2. The SMILES string of the molecule is CC(C(=O)NC1CNCCC1C)c1ccc2ccccc2c1.Cl. The van der Waals surface area contributed by atoms with Gasteiger partial charge < -0.3 is 10.6 Å². The number of benzene rings is 2. The zero-order valence-electron chi connectivity index (χ0n) is 13.7. The molecule has 0 aliphatic carbocycles. The third kappa shape index (κ3) is 4.04. The van der Waals surface area contributed by atoms with Crippen molar-refractivity contribution in [1.82, 2.24) is 10.6 Å². The Morgan fingerprint density at radius 1 is 1.22 bits per heavy atom. The second-order valence-electron chi connectivity index (χ2n) is 6.41. The number of fused-ring (bicyclic) bond motifs is 1. The number of halogens is 1. The highest BCUT2D eigenvalue weighted by Gasteiger charge is 2.25. The maximum Gasteiger partial charge on any atom is 0.227 e. The minimum Gasteiger partial charge on any atom is -0.351 e. The Morgan fingerprint density at radius 3 is 2.70 bits per heavy atom. The number of nitrogens with one attached hydrogen (secondary N) is 2. The van der Waals surface area contributed by atoms with E-state index in [4.69, 9.17) is 0 Å². The van der Waals surface area contributed by atoms with E-state index in [1.165, 1.54) is 10.8 Å². The molecular formula is C19H25ClN2O. The van der Waals surface area contributed by atoms with E-state index >= 15 is 0 Å². The topological polar surface area (TPSA) is 41.1 Å². The molecule has 3 atom stereocenters. The quantitative estimate of drug-likeness (QED) is 0.903. The first-order valence-electron chi connectivity index (χ1n) is 8.15. The van der Waals surface area contributed by atoms with Crippen LogP contribution in [0.1, 0.15) is 31.7 Å². The minimum atomic E-state index is -0.126. The van der Waals surface area contributed by atoms with Crippen molar-refractivity contribution in [3.63, 3.8) is 0 Å². The summed E-state index contributed by atoms with van der Waals surface area (Å²) in [6.45, 7) is 6.12. The summed E-state index contributed by atoms with van der Waals surface area (Å²) in [5.41, 5.74) is 1.08. The van der Waals surface area contributed by atoms with Gasteiger partial charge in [-0.25, -0.2) is 0 Å². The predicted molar refractivity (Wildman–Crippen MR) is 98.2 cm³/mol. The summed E-state index contributed by atoms with van der Waals surface area (Å²) in [5, 5.41) is 8.97. The van der Waals surface area contributed by atoms with Gasteiger partial charge in [0.2, 0.25) is 5.91 Å². The molecule has 1 fully saturated rings. The molecule has 1 aliphatic heterocycles. The van der Waals surface area contributed by atoms with Crippen molar-refractivity contribution in [2.45, 2.75) is 32.2 Å². The number of amides is 1. The van der Waals surface area contributed by atoms with Crippen LogP contribution in [0.3, 0.4) is 0 Å². The Kier molecular flexibility index (Phi) is 6.03. The predicted octanol–water partition coefficient (Wildman–Crippen LogP) is 3.48. The van der Waals surface area contributed by atoms with Crippen molar-refractivity contribution in [1.29, 1.82) is 0 Å². The molecule has 23 heavy (non-hydrogen) atoms. The second-order valence-corrected chi connectivity index (χ2v) is 6.41. The highest BCUT2D eigenvalue weighted by atomic mass is 35.5. The lowest BCUT2D eigenvalue weighted by Crippen LogP contribution is -2.51. The molecule has 2 N–H and O–H groups in total. The van der Waals surface area contributed by atoms with Gasteiger partial charge in [-0.1, -0.05) is 49.4 Å². The van der Waals surface area contributed by atoms with Gasteiger partial charge in [0.1, 0.15) is 0 Å². The van der Waals surface area contributed by atoms with Gasteiger partial charge in [0.05, 0.1) is 5.92 Å². The van der Waals surface area contributed by atoms with E-state index in [1.807, 2.05) is 19.1 Å². The lowest BCUT2D eigenvalue weighted by Gasteiger charge is -2.31. The van der Waals surface area contributed by atoms with Gasteiger partial charge in [-0.05, 0) is 42.1 Å². The highest BCUT2D eigenvalue weighted by Crippen LogP contribution is 2.22.